The molecule has 1 rings (SSSR count). The number of rotatable bonds is 1. The molecule has 0 aromatic heterocycles. The lowest BCUT2D eigenvalue weighted by atomic mass is 9.95. The van der Waals surface area contributed by atoms with Crippen molar-refractivity contribution in [3.05, 3.63) is 0 Å². The third-order valence-corrected chi connectivity index (χ3v) is 2.45. The molecule has 0 aromatic carbocycles. The van der Waals surface area contributed by atoms with Crippen LogP contribution in [0.2, 0.25) is 0 Å². The zero-order valence-corrected chi connectivity index (χ0v) is 7.16. The maximum Gasteiger partial charge on any atom is 0.185 e. The van der Waals surface area contributed by atoms with Gasteiger partial charge in [-0.15, -0.1) is 0 Å². The molecule has 0 radical (unpaired) electrons. The van der Waals surface area contributed by atoms with Crippen LogP contribution in [0.3, 0.4) is 0 Å². The van der Waals surface area contributed by atoms with Crippen LogP contribution in [0.1, 0.15) is 12.8 Å². The summed E-state index contributed by atoms with van der Waals surface area (Å²) >= 11 is 4.91. The van der Waals surface area contributed by atoms with Crippen molar-refractivity contribution in [3.8, 4) is 0 Å². The van der Waals surface area contributed by atoms with Crippen LogP contribution in [0, 0.1) is 5.92 Å². The fourth-order valence-corrected chi connectivity index (χ4v) is 1.53. The highest BCUT2D eigenvalue weighted by molar-refractivity contribution is 7.80. The molecule has 1 aliphatic rings. The fourth-order valence-electron chi connectivity index (χ4n) is 1.29. The molecule has 2 N–H and O–H groups in total. The molecule has 56 valence electrons. The van der Waals surface area contributed by atoms with Gasteiger partial charge in [0, 0.05) is 5.92 Å². The highest BCUT2D eigenvalue weighted by atomic mass is 32.1. The van der Waals surface area contributed by atoms with Gasteiger partial charge in [-0.25, -0.2) is 0 Å². The number of thiocarbonyl (C=S) groups is 1. The Labute approximate surface area is 68.2 Å². The molecule has 4 heteroatoms. The van der Waals surface area contributed by atoms with Crippen molar-refractivity contribution in [2.45, 2.75) is 12.8 Å². The Morgan fingerprint density at radius 3 is 2.40 bits per heavy atom. The van der Waals surface area contributed by atoms with Gasteiger partial charge < -0.3 is 10.5 Å². The van der Waals surface area contributed by atoms with E-state index in [0.29, 0.717) is 10.9 Å². The zero-order chi connectivity index (χ0) is 7.56. The number of hydrogen-bond acceptors (Lipinski definition) is 2. The standard InChI is InChI=1S/C6H13BN2S/c7-9-3-1-5(2-4-9)6(8)10/h5H,1-4,7H2,(H2,8,10). The Balaban J connectivity index is 2.33. The first-order valence-electron chi connectivity index (χ1n) is 3.68. The Morgan fingerprint density at radius 2 is 2.00 bits per heavy atom. The first kappa shape index (κ1) is 8.02. The number of nitrogens with two attached hydrogens (primary N) is 1. The lowest BCUT2D eigenvalue weighted by molar-refractivity contribution is 0.331. The van der Waals surface area contributed by atoms with Crippen LogP contribution in [-0.4, -0.2) is 30.9 Å². The van der Waals surface area contributed by atoms with E-state index >= 15 is 0 Å². The molecule has 1 heterocycles. The van der Waals surface area contributed by atoms with Crippen LogP contribution in [0.15, 0.2) is 0 Å². The summed E-state index contributed by atoms with van der Waals surface area (Å²) in [5.74, 6) is 0.506. The van der Waals surface area contributed by atoms with Gasteiger partial charge in [-0.05, 0) is 25.9 Å². The van der Waals surface area contributed by atoms with Gasteiger partial charge in [0.05, 0.1) is 4.99 Å². The van der Waals surface area contributed by atoms with Gasteiger partial charge in [-0.3, -0.25) is 0 Å². The fraction of sp³-hybridized carbons (Fsp3) is 0.833. The average molecular weight is 156 g/mol. The maximum atomic E-state index is 5.53. The van der Waals surface area contributed by atoms with Crippen molar-refractivity contribution in [1.82, 2.24) is 4.81 Å². The minimum Gasteiger partial charge on any atom is -0.393 e. The van der Waals surface area contributed by atoms with Gasteiger partial charge in [-0.2, -0.15) is 0 Å². The second-order valence-corrected chi connectivity index (χ2v) is 3.45. The Bertz CT molecular complexity index is 132. The SMILES string of the molecule is BN1CCC(C(N)=S)CC1. The van der Waals surface area contributed by atoms with Gasteiger partial charge in [-0.1, -0.05) is 12.2 Å². The van der Waals surface area contributed by atoms with Crippen LogP contribution in [0.25, 0.3) is 0 Å². The van der Waals surface area contributed by atoms with Crippen LogP contribution in [0.5, 0.6) is 0 Å². The third-order valence-electron chi connectivity index (χ3n) is 2.12. The van der Waals surface area contributed by atoms with Crippen molar-refractivity contribution in [3.63, 3.8) is 0 Å². The summed E-state index contributed by atoms with van der Waals surface area (Å²) in [6.07, 6.45) is 2.29. The first-order valence-corrected chi connectivity index (χ1v) is 4.09. The predicted octanol–water partition coefficient (Wildman–Crippen LogP) is -0.467. The van der Waals surface area contributed by atoms with Crippen molar-refractivity contribution < 1.29 is 0 Å². The third kappa shape index (κ3) is 1.95. The summed E-state index contributed by atoms with van der Waals surface area (Å²) in [7, 11) is 2.13. The number of piperidine rings is 1. The van der Waals surface area contributed by atoms with Gasteiger partial charge in [0.15, 0.2) is 7.98 Å². The smallest absolute Gasteiger partial charge is 0.185 e. The summed E-state index contributed by atoms with van der Waals surface area (Å²) in [5.41, 5.74) is 5.53. The topological polar surface area (TPSA) is 29.3 Å². The van der Waals surface area contributed by atoms with Crippen molar-refractivity contribution in [2.75, 3.05) is 13.1 Å². The molecule has 0 bridgehead atoms. The van der Waals surface area contributed by atoms with E-state index in [0.717, 1.165) is 25.9 Å². The zero-order valence-electron chi connectivity index (χ0n) is 6.34. The predicted molar refractivity (Wildman–Crippen MR) is 49.6 cm³/mol. The Morgan fingerprint density at radius 1 is 1.50 bits per heavy atom. The molecule has 0 spiro atoms. The maximum absolute atomic E-state index is 5.53. The molecule has 1 saturated heterocycles. The highest BCUT2D eigenvalue weighted by Gasteiger charge is 2.17. The minimum absolute atomic E-state index is 0.506. The summed E-state index contributed by atoms with van der Waals surface area (Å²) < 4.78 is 0. The molecule has 1 aliphatic heterocycles. The second kappa shape index (κ2) is 3.35. The van der Waals surface area contributed by atoms with E-state index in [1.165, 1.54) is 0 Å². The highest BCUT2D eigenvalue weighted by Crippen LogP contribution is 2.15. The second-order valence-electron chi connectivity index (χ2n) is 2.98. The monoisotopic (exact) mass is 156 g/mol. The molecule has 0 unspecified atom stereocenters. The molecule has 2 nitrogen and oxygen atoms in total. The van der Waals surface area contributed by atoms with E-state index in [9.17, 15) is 0 Å². The summed E-state index contributed by atoms with van der Waals surface area (Å²) in [6, 6.07) is 0. The molecule has 0 aliphatic carbocycles. The molecule has 0 amide bonds. The largest absolute Gasteiger partial charge is 0.393 e. The van der Waals surface area contributed by atoms with Gasteiger partial charge >= 0.3 is 0 Å². The Hall–Kier alpha value is -0.0851. The van der Waals surface area contributed by atoms with E-state index in [1.54, 1.807) is 0 Å². The average Bonchev–Trinajstić information content (AvgIpc) is 1.88. The summed E-state index contributed by atoms with van der Waals surface area (Å²) in [6.45, 7) is 2.28. The number of hydrogen-bond donors (Lipinski definition) is 1. The van der Waals surface area contributed by atoms with E-state index < -0.39 is 0 Å². The summed E-state index contributed by atoms with van der Waals surface area (Å²) in [5, 5.41) is 0. The summed E-state index contributed by atoms with van der Waals surface area (Å²) in [4.78, 5) is 3.02. The molecule has 10 heavy (non-hydrogen) atoms. The molecular formula is C6H13BN2S. The normalized spacial score (nSPS) is 22.8. The van der Waals surface area contributed by atoms with Gasteiger partial charge in [0.2, 0.25) is 0 Å². The van der Waals surface area contributed by atoms with E-state index in [1.807, 2.05) is 0 Å². The van der Waals surface area contributed by atoms with Crippen LogP contribution in [0.4, 0.5) is 0 Å². The quantitative estimate of drug-likeness (QED) is 0.411. The van der Waals surface area contributed by atoms with E-state index in [2.05, 4.69) is 12.8 Å². The van der Waals surface area contributed by atoms with E-state index in [4.69, 9.17) is 18.0 Å². The van der Waals surface area contributed by atoms with Crippen LogP contribution < -0.4 is 5.73 Å². The van der Waals surface area contributed by atoms with Crippen LogP contribution >= 0.6 is 12.2 Å². The molecule has 0 atom stereocenters. The lowest BCUT2D eigenvalue weighted by Gasteiger charge is -2.28. The molecule has 0 saturated carbocycles. The molecule has 1 fully saturated rings. The first-order chi connectivity index (χ1) is 4.70. The number of nitrogens with zero attached hydrogens (tertiary/aromatic N) is 1. The van der Waals surface area contributed by atoms with Crippen molar-refractivity contribution in [1.29, 1.82) is 0 Å². The van der Waals surface area contributed by atoms with Crippen LogP contribution in [-0.2, 0) is 0 Å². The van der Waals surface area contributed by atoms with Gasteiger partial charge in [0.1, 0.15) is 0 Å². The Kier molecular flexibility index (Phi) is 2.68. The minimum atomic E-state index is 0.506. The van der Waals surface area contributed by atoms with E-state index in [-0.39, 0.29) is 0 Å². The molecule has 0 aromatic rings. The lowest BCUT2D eigenvalue weighted by Crippen LogP contribution is -2.36. The molecular weight excluding hydrogens is 143 g/mol. The van der Waals surface area contributed by atoms with Crippen molar-refractivity contribution in [2.24, 2.45) is 11.7 Å². The van der Waals surface area contributed by atoms with Gasteiger partial charge in [0.25, 0.3) is 0 Å². The van der Waals surface area contributed by atoms with Crippen molar-refractivity contribution >= 4 is 25.2 Å².